The van der Waals surface area contributed by atoms with E-state index in [0.29, 0.717) is 18.0 Å². The number of aryl methyl sites for hydroxylation is 1. The van der Waals surface area contributed by atoms with E-state index in [1.54, 1.807) is 0 Å². The molecule has 3 aromatic rings. The van der Waals surface area contributed by atoms with E-state index in [1.807, 2.05) is 19.1 Å². The number of aromatic amines is 1. The number of nitrogens with one attached hydrogen (secondary N) is 2. The third-order valence-electron chi connectivity index (χ3n) is 3.52. The van der Waals surface area contributed by atoms with Crippen molar-refractivity contribution in [2.45, 2.75) is 20.4 Å². The molecule has 0 saturated carbocycles. The minimum atomic E-state index is -0.374. The zero-order valence-electron chi connectivity index (χ0n) is 11.6. The Morgan fingerprint density at radius 3 is 3.00 bits per heavy atom. The summed E-state index contributed by atoms with van der Waals surface area (Å²) in [7, 11) is 0. The second kappa shape index (κ2) is 5.21. The van der Waals surface area contributed by atoms with Crippen molar-refractivity contribution in [2.75, 3.05) is 5.32 Å². The van der Waals surface area contributed by atoms with Gasteiger partial charge in [-0.05, 0) is 31.0 Å². The predicted molar refractivity (Wildman–Crippen MR) is 81.9 cm³/mol. The van der Waals surface area contributed by atoms with Gasteiger partial charge in [-0.15, -0.1) is 0 Å². The molecule has 2 N–H and O–H groups in total. The van der Waals surface area contributed by atoms with Crippen LogP contribution in [-0.4, -0.2) is 19.6 Å². The Morgan fingerprint density at radius 1 is 1.38 bits per heavy atom. The number of aromatic nitrogens is 4. The van der Waals surface area contributed by atoms with Gasteiger partial charge in [0.25, 0.3) is 5.56 Å². The third-order valence-corrected chi connectivity index (χ3v) is 3.91. The van der Waals surface area contributed by atoms with Gasteiger partial charge in [0.15, 0.2) is 0 Å². The van der Waals surface area contributed by atoms with Crippen molar-refractivity contribution < 1.29 is 0 Å². The number of hydrogen-bond donors (Lipinski definition) is 2. The molecule has 0 amide bonds. The molecule has 0 aliphatic carbocycles. The molecule has 0 fully saturated rings. The van der Waals surface area contributed by atoms with Crippen molar-refractivity contribution in [3.8, 4) is 0 Å². The van der Waals surface area contributed by atoms with E-state index < -0.39 is 0 Å². The third kappa shape index (κ3) is 2.38. The molecule has 3 rings (SSSR count). The highest BCUT2D eigenvalue weighted by atomic mass is 35.5. The lowest BCUT2D eigenvalue weighted by atomic mass is 10.1. The summed E-state index contributed by atoms with van der Waals surface area (Å²) >= 11 is 6.09. The molecule has 0 spiro atoms. The van der Waals surface area contributed by atoms with Gasteiger partial charge in [-0.1, -0.05) is 23.7 Å². The number of halogens is 1. The van der Waals surface area contributed by atoms with Crippen LogP contribution in [0.15, 0.2) is 29.3 Å². The fourth-order valence-corrected chi connectivity index (χ4v) is 2.33. The van der Waals surface area contributed by atoms with Crippen LogP contribution in [0.3, 0.4) is 0 Å². The van der Waals surface area contributed by atoms with E-state index >= 15 is 0 Å². The van der Waals surface area contributed by atoms with Gasteiger partial charge < -0.3 is 10.3 Å². The second-order valence-corrected chi connectivity index (χ2v) is 5.20. The van der Waals surface area contributed by atoms with E-state index in [4.69, 9.17) is 11.6 Å². The fourth-order valence-electron chi connectivity index (χ4n) is 2.14. The van der Waals surface area contributed by atoms with Crippen molar-refractivity contribution in [3.63, 3.8) is 0 Å². The zero-order valence-corrected chi connectivity index (χ0v) is 12.4. The first-order valence-corrected chi connectivity index (χ1v) is 6.86. The van der Waals surface area contributed by atoms with Gasteiger partial charge in [-0.3, -0.25) is 4.79 Å². The van der Waals surface area contributed by atoms with E-state index in [2.05, 4.69) is 33.4 Å². The van der Waals surface area contributed by atoms with Gasteiger partial charge in [0, 0.05) is 5.69 Å². The van der Waals surface area contributed by atoms with Crippen LogP contribution < -0.4 is 10.9 Å². The topological polar surface area (TPSA) is 75.1 Å². The molecule has 2 heterocycles. The number of hydrogen-bond acceptors (Lipinski definition) is 4. The van der Waals surface area contributed by atoms with Crippen molar-refractivity contribution in [1.82, 2.24) is 19.6 Å². The summed E-state index contributed by atoms with van der Waals surface area (Å²) in [6.07, 6.45) is 1.31. The fraction of sp³-hybridized carbons (Fsp3) is 0.214. The summed E-state index contributed by atoms with van der Waals surface area (Å²) in [5.74, 6) is 0.377. The molecule has 21 heavy (non-hydrogen) atoms. The van der Waals surface area contributed by atoms with E-state index in [0.717, 1.165) is 10.2 Å². The van der Waals surface area contributed by atoms with Crippen LogP contribution in [0, 0.1) is 13.8 Å². The highest BCUT2D eigenvalue weighted by molar-refractivity contribution is 6.31. The van der Waals surface area contributed by atoms with Gasteiger partial charge in [0.1, 0.15) is 11.3 Å². The molecule has 0 bridgehead atoms. The normalized spacial score (nSPS) is 11.0. The molecule has 1 aromatic carbocycles. The molecule has 7 heteroatoms. The maximum absolute atomic E-state index is 12.0. The van der Waals surface area contributed by atoms with Crippen molar-refractivity contribution in [1.29, 1.82) is 0 Å². The molecular formula is C14H14ClN5O. The number of rotatable bonds is 3. The van der Waals surface area contributed by atoms with Gasteiger partial charge in [0.05, 0.1) is 12.2 Å². The first-order valence-electron chi connectivity index (χ1n) is 6.48. The summed E-state index contributed by atoms with van der Waals surface area (Å²) in [6, 6.07) is 6.03. The SMILES string of the molecule is Cc1cccc(NCc2[nH]c3ncnn3c(=O)c2Cl)c1C. The summed E-state index contributed by atoms with van der Waals surface area (Å²) in [5, 5.41) is 7.22. The molecule has 0 atom stereocenters. The lowest BCUT2D eigenvalue weighted by molar-refractivity contribution is 0.876. The highest BCUT2D eigenvalue weighted by Crippen LogP contribution is 2.19. The average Bonchev–Trinajstić information content (AvgIpc) is 2.94. The Morgan fingerprint density at radius 2 is 2.19 bits per heavy atom. The van der Waals surface area contributed by atoms with Crippen LogP contribution in [-0.2, 0) is 6.54 Å². The van der Waals surface area contributed by atoms with Crippen LogP contribution >= 0.6 is 11.6 Å². The number of H-pyrrole nitrogens is 1. The van der Waals surface area contributed by atoms with Crippen LogP contribution in [0.4, 0.5) is 5.69 Å². The van der Waals surface area contributed by atoms with Crippen LogP contribution in [0.2, 0.25) is 5.02 Å². The largest absolute Gasteiger partial charge is 0.379 e. The number of fused-ring (bicyclic) bond motifs is 1. The first-order chi connectivity index (χ1) is 10.1. The minimum Gasteiger partial charge on any atom is -0.379 e. The maximum Gasteiger partial charge on any atom is 0.294 e. The Kier molecular flexibility index (Phi) is 3.39. The summed E-state index contributed by atoms with van der Waals surface area (Å²) in [5.41, 5.74) is 3.59. The van der Waals surface area contributed by atoms with Gasteiger partial charge in [-0.2, -0.15) is 14.6 Å². The molecular weight excluding hydrogens is 290 g/mol. The van der Waals surface area contributed by atoms with Crippen LogP contribution in [0.1, 0.15) is 16.8 Å². The van der Waals surface area contributed by atoms with Crippen molar-refractivity contribution in [2.24, 2.45) is 0 Å². The average molecular weight is 304 g/mol. The lowest BCUT2D eigenvalue weighted by Gasteiger charge is -2.12. The van der Waals surface area contributed by atoms with Crippen molar-refractivity contribution >= 4 is 23.1 Å². The summed E-state index contributed by atoms with van der Waals surface area (Å²) in [6.45, 7) is 4.50. The zero-order chi connectivity index (χ0) is 15.0. The minimum absolute atomic E-state index is 0.116. The number of anilines is 1. The Labute approximate surface area is 125 Å². The lowest BCUT2D eigenvalue weighted by Crippen LogP contribution is -2.19. The van der Waals surface area contributed by atoms with Gasteiger partial charge >= 0.3 is 0 Å². The first kappa shape index (κ1) is 13.6. The van der Waals surface area contributed by atoms with Crippen LogP contribution in [0.25, 0.3) is 5.78 Å². The Balaban J connectivity index is 1.93. The monoisotopic (exact) mass is 303 g/mol. The standard InChI is InChI=1S/C14H14ClN5O/c1-8-4-3-5-10(9(8)2)16-6-11-12(15)13(21)20-14(19-11)17-7-18-20/h3-5,7,16H,6H2,1-2H3,(H,17,18,19). The summed E-state index contributed by atoms with van der Waals surface area (Å²) < 4.78 is 1.14. The molecule has 0 unspecified atom stereocenters. The molecule has 6 nitrogen and oxygen atoms in total. The molecule has 0 saturated heterocycles. The van der Waals surface area contributed by atoms with Crippen LogP contribution in [0.5, 0.6) is 0 Å². The highest BCUT2D eigenvalue weighted by Gasteiger charge is 2.11. The second-order valence-electron chi connectivity index (χ2n) is 4.82. The molecule has 0 aliphatic rings. The maximum atomic E-state index is 12.0. The van der Waals surface area contributed by atoms with Gasteiger partial charge in [-0.25, -0.2) is 0 Å². The molecule has 108 valence electrons. The van der Waals surface area contributed by atoms with E-state index in [-0.39, 0.29) is 10.6 Å². The van der Waals surface area contributed by atoms with E-state index in [9.17, 15) is 4.79 Å². The molecule has 2 aromatic heterocycles. The Hall–Kier alpha value is -2.34. The van der Waals surface area contributed by atoms with Gasteiger partial charge in [0.2, 0.25) is 5.78 Å². The molecule has 0 aliphatic heterocycles. The number of benzene rings is 1. The molecule has 0 radical (unpaired) electrons. The smallest absolute Gasteiger partial charge is 0.294 e. The van der Waals surface area contributed by atoms with Crippen molar-refractivity contribution in [3.05, 3.63) is 56.7 Å². The quantitative estimate of drug-likeness (QED) is 0.778. The Bertz CT molecular complexity index is 867. The van der Waals surface area contributed by atoms with E-state index in [1.165, 1.54) is 17.5 Å². The summed E-state index contributed by atoms with van der Waals surface area (Å²) in [4.78, 5) is 19.0. The predicted octanol–water partition coefficient (Wildman–Crippen LogP) is 2.30. The number of nitrogens with zero attached hydrogens (tertiary/aromatic N) is 3.